The van der Waals surface area contributed by atoms with Crippen molar-refractivity contribution >= 4 is 11.9 Å². The molecule has 17 heavy (non-hydrogen) atoms. The first kappa shape index (κ1) is 13.3. The van der Waals surface area contributed by atoms with Crippen molar-refractivity contribution in [3.05, 3.63) is 24.0 Å². The first-order chi connectivity index (χ1) is 7.68. The lowest BCUT2D eigenvalue weighted by atomic mass is 9.74. The van der Waals surface area contributed by atoms with Crippen molar-refractivity contribution in [2.45, 2.75) is 33.2 Å². The number of hydrogen-bond acceptors (Lipinski definition) is 2. The summed E-state index contributed by atoms with van der Waals surface area (Å²) in [5, 5.41) is 11.9. The number of carboxylic acids is 1. The van der Waals surface area contributed by atoms with Crippen LogP contribution in [0.5, 0.6) is 0 Å². The van der Waals surface area contributed by atoms with Crippen molar-refractivity contribution in [1.82, 2.24) is 10.3 Å². The third-order valence-electron chi connectivity index (χ3n) is 3.37. The zero-order chi connectivity index (χ0) is 13.3. The second-order valence-corrected chi connectivity index (χ2v) is 5.09. The van der Waals surface area contributed by atoms with Crippen LogP contribution in [0, 0.1) is 5.41 Å². The lowest BCUT2D eigenvalue weighted by Gasteiger charge is -2.38. The van der Waals surface area contributed by atoms with E-state index in [4.69, 9.17) is 5.11 Å². The van der Waals surface area contributed by atoms with Crippen LogP contribution in [0.25, 0.3) is 0 Å². The molecule has 5 nitrogen and oxygen atoms in total. The van der Waals surface area contributed by atoms with E-state index in [9.17, 15) is 9.59 Å². The minimum absolute atomic E-state index is 0.311. The highest BCUT2D eigenvalue weighted by molar-refractivity contribution is 5.93. The lowest BCUT2D eigenvalue weighted by Crippen LogP contribution is -2.57. The van der Waals surface area contributed by atoms with Gasteiger partial charge < -0.3 is 15.4 Å². The third kappa shape index (κ3) is 2.49. The largest absolute Gasteiger partial charge is 0.481 e. The summed E-state index contributed by atoms with van der Waals surface area (Å²) in [5.74, 6) is -1.26. The monoisotopic (exact) mass is 238 g/mol. The Morgan fingerprint density at radius 2 is 1.88 bits per heavy atom. The van der Waals surface area contributed by atoms with Gasteiger partial charge in [-0.25, -0.2) is 0 Å². The summed E-state index contributed by atoms with van der Waals surface area (Å²) in [5.41, 5.74) is -1.50. The normalized spacial score (nSPS) is 12.2. The summed E-state index contributed by atoms with van der Waals surface area (Å²) >= 11 is 0. The molecule has 1 rings (SSSR count). The molecule has 1 aromatic heterocycles. The zero-order valence-electron chi connectivity index (χ0n) is 10.5. The quantitative estimate of drug-likeness (QED) is 0.745. The molecule has 94 valence electrons. The number of aromatic amines is 1. The average Bonchev–Trinajstić information content (AvgIpc) is 2.68. The maximum Gasteiger partial charge on any atom is 0.311 e. The Morgan fingerprint density at radius 3 is 2.29 bits per heavy atom. The molecule has 0 spiro atoms. The van der Waals surface area contributed by atoms with Gasteiger partial charge in [0.05, 0.1) is 11.0 Å². The Labute approximate surface area is 100 Å². The van der Waals surface area contributed by atoms with E-state index in [0.29, 0.717) is 5.69 Å². The highest BCUT2D eigenvalue weighted by atomic mass is 16.4. The second-order valence-electron chi connectivity index (χ2n) is 5.09. The summed E-state index contributed by atoms with van der Waals surface area (Å²) in [6.07, 6.45) is 1.64. The fraction of sp³-hybridized carbons (Fsp3) is 0.500. The minimum Gasteiger partial charge on any atom is -0.481 e. The third-order valence-corrected chi connectivity index (χ3v) is 3.37. The van der Waals surface area contributed by atoms with Gasteiger partial charge in [0.1, 0.15) is 5.69 Å². The maximum atomic E-state index is 11.9. The van der Waals surface area contributed by atoms with E-state index in [1.165, 1.54) is 0 Å². The van der Waals surface area contributed by atoms with Gasteiger partial charge in [0.15, 0.2) is 0 Å². The van der Waals surface area contributed by atoms with Crippen LogP contribution < -0.4 is 5.32 Å². The van der Waals surface area contributed by atoms with Gasteiger partial charge >= 0.3 is 5.97 Å². The number of rotatable bonds is 4. The van der Waals surface area contributed by atoms with Gasteiger partial charge in [-0.15, -0.1) is 0 Å². The number of carbonyl (C=O) groups is 2. The smallest absolute Gasteiger partial charge is 0.311 e. The zero-order valence-corrected chi connectivity index (χ0v) is 10.5. The van der Waals surface area contributed by atoms with Crippen molar-refractivity contribution in [2.24, 2.45) is 5.41 Å². The van der Waals surface area contributed by atoms with Gasteiger partial charge in [-0.3, -0.25) is 9.59 Å². The molecule has 0 saturated carbocycles. The number of nitrogens with one attached hydrogen (secondary N) is 2. The van der Waals surface area contributed by atoms with Gasteiger partial charge in [0.25, 0.3) is 5.91 Å². The van der Waals surface area contributed by atoms with Crippen molar-refractivity contribution in [3.8, 4) is 0 Å². The van der Waals surface area contributed by atoms with E-state index in [-0.39, 0.29) is 5.91 Å². The number of carboxylic acid groups (broad SMARTS) is 1. The standard InChI is InChI=1S/C12H18N2O3/c1-11(2,10(16)17)12(3,4)14-9(15)8-6-5-7-13-8/h5-7,13H,1-4H3,(H,14,15)(H,16,17). The van der Waals surface area contributed by atoms with Gasteiger partial charge in [-0.05, 0) is 39.8 Å². The predicted octanol–water partition coefficient (Wildman–Crippen LogP) is 1.63. The SMILES string of the molecule is CC(C)(NC(=O)c1ccc[nH]1)C(C)(C)C(=O)O. The summed E-state index contributed by atoms with van der Waals surface area (Å²) in [6.45, 7) is 6.57. The molecule has 0 aliphatic carbocycles. The van der Waals surface area contributed by atoms with Crippen LogP contribution >= 0.6 is 0 Å². The van der Waals surface area contributed by atoms with Gasteiger partial charge in [-0.1, -0.05) is 0 Å². The average molecular weight is 238 g/mol. The Hall–Kier alpha value is -1.78. The van der Waals surface area contributed by atoms with Crippen LogP contribution in [0.2, 0.25) is 0 Å². The molecule has 0 aliphatic rings. The van der Waals surface area contributed by atoms with E-state index in [2.05, 4.69) is 10.3 Å². The van der Waals surface area contributed by atoms with E-state index in [0.717, 1.165) is 0 Å². The van der Waals surface area contributed by atoms with Crippen LogP contribution in [0.1, 0.15) is 38.2 Å². The van der Waals surface area contributed by atoms with Gasteiger partial charge in [0, 0.05) is 6.20 Å². The Kier molecular flexibility index (Phi) is 3.31. The van der Waals surface area contributed by atoms with E-state index in [1.807, 2.05) is 0 Å². The molecule has 0 saturated heterocycles. The van der Waals surface area contributed by atoms with Gasteiger partial charge in [-0.2, -0.15) is 0 Å². The molecular weight excluding hydrogens is 220 g/mol. The van der Waals surface area contributed by atoms with Crippen molar-refractivity contribution in [3.63, 3.8) is 0 Å². The number of H-pyrrole nitrogens is 1. The molecule has 0 bridgehead atoms. The van der Waals surface area contributed by atoms with Crippen LogP contribution in [0.15, 0.2) is 18.3 Å². The first-order valence-electron chi connectivity index (χ1n) is 5.38. The topological polar surface area (TPSA) is 82.2 Å². The molecule has 0 atom stereocenters. The number of carbonyl (C=O) groups excluding carboxylic acids is 1. The number of amides is 1. The molecule has 3 N–H and O–H groups in total. The molecule has 0 radical (unpaired) electrons. The van der Waals surface area contributed by atoms with E-state index in [1.54, 1.807) is 46.0 Å². The summed E-state index contributed by atoms with van der Waals surface area (Å²) in [7, 11) is 0. The molecule has 1 heterocycles. The molecule has 0 aliphatic heterocycles. The molecule has 0 unspecified atom stereocenters. The Morgan fingerprint density at radius 1 is 1.29 bits per heavy atom. The number of hydrogen-bond donors (Lipinski definition) is 3. The lowest BCUT2D eigenvalue weighted by molar-refractivity contribution is -0.150. The summed E-state index contributed by atoms with van der Waals surface area (Å²) < 4.78 is 0. The summed E-state index contributed by atoms with van der Waals surface area (Å²) in [4.78, 5) is 25.8. The second kappa shape index (κ2) is 4.24. The Balaban J connectivity index is 2.87. The highest BCUT2D eigenvalue weighted by Crippen LogP contribution is 2.30. The fourth-order valence-corrected chi connectivity index (χ4v) is 1.25. The van der Waals surface area contributed by atoms with Gasteiger partial charge in [0.2, 0.25) is 0 Å². The van der Waals surface area contributed by atoms with Crippen molar-refractivity contribution in [2.75, 3.05) is 0 Å². The van der Waals surface area contributed by atoms with E-state index >= 15 is 0 Å². The molecule has 1 amide bonds. The molecule has 5 heteroatoms. The molecule has 0 fully saturated rings. The molecular formula is C12H18N2O3. The molecule has 0 aromatic carbocycles. The highest BCUT2D eigenvalue weighted by Gasteiger charge is 2.44. The van der Waals surface area contributed by atoms with Crippen LogP contribution in [-0.4, -0.2) is 27.5 Å². The fourth-order valence-electron chi connectivity index (χ4n) is 1.25. The molecule has 1 aromatic rings. The van der Waals surface area contributed by atoms with E-state index < -0.39 is 16.9 Å². The minimum atomic E-state index is -1.06. The Bertz CT molecular complexity index is 419. The first-order valence-corrected chi connectivity index (χ1v) is 5.38. The summed E-state index contributed by atoms with van der Waals surface area (Å²) in [6, 6.07) is 3.35. The predicted molar refractivity (Wildman–Crippen MR) is 63.8 cm³/mol. The number of aromatic nitrogens is 1. The van der Waals surface area contributed by atoms with Crippen LogP contribution in [0.4, 0.5) is 0 Å². The van der Waals surface area contributed by atoms with Crippen molar-refractivity contribution in [1.29, 1.82) is 0 Å². The van der Waals surface area contributed by atoms with Crippen LogP contribution in [0.3, 0.4) is 0 Å². The number of aliphatic carboxylic acids is 1. The van der Waals surface area contributed by atoms with Crippen molar-refractivity contribution < 1.29 is 14.7 Å². The van der Waals surface area contributed by atoms with Crippen LogP contribution in [-0.2, 0) is 4.79 Å². The maximum absolute atomic E-state index is 11.9.